The van der Waals surface area contributed by atoms with Gasteiger partial charge in [-0.3, -0.25) is 14.4 Å². The fourth-order valence-corrected chi connectivity index (χ4v) is 6.96. The molecular weight excluding hydrogens is 704 g/mol. The summed E-state index contributed by atoms with van der Waals surface area (Å²) in [6, 6.07) is 2.48. The van der Waals surface area contributed by atoms with Gasteiger partial charge in [0.25, 0.3) is 11.5 Å². The Morgan fingerprint density at radius 1 is 1.24 bits per heavy atom. The van der Waals surface area contributed by atoms with E-state index in [4.69, 9.17) is 21.1 Å². The minimum absolute atomic E-state index is 0.0556. The summed E-state index contributed by atoms with van der Waals surface area (Å²) in [7, 11) is 0. The van der Waals surface area contributed by atoms with Crippen LogP contribution in [0.3, 0.4) is 0 Å². The first-order valence-electron chi connectivity index (χ1n) is 15.8. The normalized spacial score (nSPS) is 21.9. The summed E-state index contributed by atoms with van der Waals surface area (Å²) in [5.74, 6) is -1.78. The second-order valence-corrected chi connectivity index (χ2v) is 12.8. The van der Waals surface area contributed by atoms with Gasteiger partial charge in [-0.1, -0.05) is 17.7 Å². The van der Waals surface area contributed by atoms with Gasteiger partial charge in [-0.2, -0.15) is 22.7 Å². The zero-order valence-electron chi connectivity index (χ0n) is 27.0. The molecule has 1 fully saturated rings. The number of ether oxygens (including phenoxy) is 2. The van der Waals surface area contributed by atoms with Crippen molar-refractivity contribution in [3.05, 3.63) is 80.0 Å². The third-order valence-corrected chi connectivity index (χ3v) is 9.55. The quantitative estimate of drug-likeness (QED) is 0.287. The number of hydrogen-bond acceptors (Lipinski definition) is 10. The maximum Gasteiger partial charge on any atom is 0.416 e. The Kier molecular flexibility index (Phi) is 8.58. The molecule has 0 bridgehead atoms. The van der Waals surface area contributed by atoms with Crippen LogP contribution in [0, 0.1) is 6.92 Å². The summed E-state index contributed by atoms with van der Waals surface area (Å²) in [5.41, 5.74) is -3.10. The van der Waals surface area contributed by atoms with Gasteiger partial charge in [0, 0.05) is 13.0 Å². The molecule has 19 heteroatoms. The maximum atomic E-state index is 16.6. The van der Waals surface area contributed by atoms with Crippen molar-refractivity contribution in [1.82, 2.24) is 34.0 Å². The Morgan fingerprint density at radius 2 is 2.02 bits per heavy atom. The number of aryl methyl sites for hydroxylation is 1. The van der Waals surface area contributed by atoms with Crippen molar-refractivity contribution in [1.29, 1.82) is 0 Å². The molecule has 3 aliphatic heterocycles. The number of carbonyl (C=O) groups is 2. The highest BCUT2D eigenvalue weighted by atomic mass is 35.5. The zero-order valence-corrected chi connectivity index (χ0v) is 27.8. The van der Waals surface area contributed by atoms with E-state index in [1.54, 1.807) is 13.0 Å². The molecule has 14 nitrogen and oxygen atoms in total. The lowest BCUT2D eigenvalue weighted by Gasteiger charge is -2.41. The highest BCUT2D eigenvalue weighted by Crippen LogP contribution is 2.49. The number of nitrogens with zero attached hydrogens (tertiary/aromatic N) is 7. The molecule has 3 aliphatic rings. The SMILES string of the molecule is Cc1ncnc(C(=O)N2CC[C@@]3(O[C@@H](C)c4c3c(=O)n3nc(C5=CCOCC5)nc3n4CC(=O)Nc3ccc(C(F)(F)F)cc3Cl)[C@H](F)C2)c1O. The summed E-state index contributed by atoms with van der Waals surface area (Å²) in [4.78, 5) is 54.6. The number of piperidine rings is 1. The first-order chi connectivity index (χ1) is 24.2. The smallest absolute Gasteiger partial charge is 0.416 e. The number of anilines is 1. The second kappa shape index (κ2) is 12.7. The number of amides is 2. The number of fused-ring (bicyclic) bond motifs is 3. The highest BCUT2D eigenvalue weighted by molar-refractivity contribution is 6.33. The van der Waals surface area contributed by atoms with E-state index in [9.17, 15) is 32.7 Å². The number of rotatable bonds is 5. The van der Waals surface area contributed by atoms with Gasteiger partial charge in [-0.25, -0.2) is 14.4 Å². The molecule has 1 aromatic carbocycles. The van der Waals surface area contributed by atoms with Crippen LogP contribution in [0.2, 0.25) is 5.02 Å². The van der Waals surface area contributed by atoms with Gasteiger partial charge >= 0.3 is 6.18 Å². The molecule has 0 unspecified atom stereocenters. The molecule has 2 N–H and O–H groups in total. The monoisotopic (exact) mass is 732 g/mol. The van der Waals surface area contributed by atoms with E-state index in [-0.39, 0.29) is 57.9 Å². The largest absolute Gasteiger partial charge is 0.504 e. The molecule has 1 spiro atoms. The number of hydrogen-bond donors (Lipinski definition) is 2. The van der Waals surface area contributed by atoms with E-state index in [0.29, 0.717) is 31.3 Å². The van der Waals surface area contributed by atoms with Crippen molar-refractivity contribution < 1.29 is 41.7 Å². The van der Waals surface area contributed by atoms with Crippen molar-refractivity contribution in [2.24, 2.45) is 0 Å². The van der Waals surface area contributed by atoms with Crippen LogP contribution in [-0.4, -0.2) is 83.4 Å². The third kappa shape index (κ3) is 5.89. The van der Waals surface area contributed by atoms with E-state index in [2.05, 4.69) is 25.4 Å². The number of alkyl halides is 4. The molecule has 3 aromatic heterocycles. The van der Waals surface area contributed by atoms with E-state index >= 15 is 4.39 Å². The topological polar surface area (TPSA) is 166 Å². The Morgan fingerprint density at radius 3 is 2.71 bits per heavy atom. The van der Waals surface area contributed by atoms with Gasteiger partial charge in [0.05, 0.1) is 59.1 Å². The lowest BCUT2D eigenvalue weighted by molar-refractivity contribution is -0.143. The summed E-state index contributed by atoms with van der Waals surface area (Å²) in [6.45, 7) is 2.59. The average Bonchev–Trinajstić information content (AvgIpc) is 3.67. The zero-order chi connectivity index (χ0) is 36.4. The van der Waals surface area contributed by atoms with Gasteiger partial charge in [-0.15, -0.1) is 5.10 Å². The predicted octanol–water partition coefficient (Wildman–Crippen LogP) is 3.98. The van der Waals surface area contributed by atoms with E-state index < -0.39 is 65.8 Å². The Balaban J connectivity index is 1.28. The van der Waals surface area contributed by atoms with Crippen molar-refractivity contribution in [2.75, 3.05) is 31.6 Å². The number of benzene rings is 1. The van der Waals surface area contributed by atoms with E-state index in [0.717, 1.165) is 27.9 Å². The predicted molar refractivity (Wildman–Crippen MR) is 171 cm³/mol. The first kappa shape index (κ1) is 34.5. The summed E-state index contributed by atoms with van der Waals surface area (Å²) >= 11 is 6.09. The van der Waals surface area contributed by atoms with Crippen LogP contribution in [-0.2, 0) is 32.6 Å². The van der Waals surface area contributed by atoms with E-state index in [1.165, 1.54) is 11.5 Å². The van der Waals surface area contributed by atoms with Crippen LogP contribution in [0.1, 0.15) is 64.7 Å². The number of aromatic hydroxyl groups is 1. The number of carbonyl (C=O) groups excluding carboxylic acids is 2. The molecule has 0 radical (unpaired) electrons. The summed E-state index contributed by atoms with van der Waals surface area (Å²) in [6.07, 6.45) is -4.44. The van der Waals surface area contributed by atoms with Crippen molar-refractivity contribution in [3.63, 3.8) is 0 Å². The molecule has 0 aliphatic carbocycles. The molecule has 2 amide bonds. The van der Waals surface area contributed by atoms with Crippen LogP contribution >= 0.6 is 11.6 Å². The van der Waals surface area contributed by atoms with Gasteiger partial charge in [0.15, 0.2) is 23.4 Å². The molecule has 51 heavy (non-hydrogen) atoms. The standard InChI is InChI=1S/C32H29ClF4N8O6/c1-15-26(47)24(39-14-38-15)29(49)43-8-7-31(21(34)12-43)23-25(16(2)51-31)44(13-22(46)40-20-4-3-18(11-19(20)33)32(35,36)37)30-41-27(42-45(30)28(23)48)17-5-9-50-10-6-17/h3-5,11,14,16,21,47H,6-10,12-13H2,1-2H3,(H,40,46)/t16-,21+,31+/m0/s1. The maximum absolute atomic E-state index is 16.6. The Labute approximate surface area is 290 Å². The van der Waals surface area contributed by atoms with Crippen LogP contribution in [0.15, 0.2) is 35.4 Å². The highest BCUT2D eigenvalue weighted by Gasteiger charge is 2.56. The number of nitrogens with one attached hydrogen (secondary N) is 1. The molecule has 6 heterocycles. The van der Waals surface area contributed by atoms with Crippen molar-refractivity contribution >= 4 is 40.5 Å². The van der Waals surface area contributed by atoms with Gasteiger partial charge in [-0.05, 0) is 44.0 Å². The van der Waals surface area contributed by atoms with Crippen molar-refractivity contribution in [3.8, 4) is 5.75 Å². The van der Waals surface area contributed by atoms with Crippen molar-refractivity contribution in [2.45, 2.75) is 57.3 Å². The molecule has 4 aromatic rings. The van der Waals surface area contributed by atoms with E-state index in [1.807, 2.05) is 0 Å². The minimum atomic E-state index is -4.65. The van der Waals surface area contributed by atoms with Crippen LogP contribution in [0.5, 0.6) is 5.75 Å². The molecule has 7 rings (SSSR count). The molecular formula is C32H29ClF4N8O6. The molecule has 1 saturated heterocycles. The number of aromatic nitrogens is 6. The van der Waals surface area contributed by atoms with Gasteiger partial charge < -0.3 is 29.4 Å². The molecule has 268 valence electrons. The fraction of sp³-hybridized carbons (Fsp3) is 0.406. The minimum Gasteiger partial charge on any atom is -0.504 e. The average molecular weight is 733 g/mol. The molecule has 0 saturated carbocycles. The summed E-state index contributed by atoms with van der Waals surface area (Å²) in [5, 5.41) is 17.0. The number of likely N-dealkylation sites (tertiary alicyclic amines) is 1. The van der Waals surface area contributed by atoms with Gasteiger partial charge in [0.1, 0.15) is 18.5 Å². The lowest BCUT2D eigenvalue weighted by atomic mass is 9.83. The lowest BCUT2D eigenvalue weighted by Crippen LogP contribution is -2.55. The fourth-order valence-electron chi connectivity index (χ4n) is 6.73. The number of halogens is 5. The Bertz CT molecular complexity index is 2190. The summed E-state index contributed by atoms with van der Waals surface area (Å²) < 4.78 is 70.2. The Hall–Kier alpha value is -4.94. The van der Waals surface area contributed by atoms with Crippen LogP contribution in [0.4, 0.5) is 23.2 Å². The van der Waals surface area contributed by atoms with Crippen LogP contribution < -0.4 is 10.9 Å². The van der Waals surface area contributed by atoms with Gasteiger partial charge in [0.2, 0.25) is 11.7 Å². The second-order valence-electron chi connectivity index (χ2n) is 12.4. The first-order valence-corrected chi connectivity index (χ1v) is 16.2. The molecule has 3 atom stereocenters. The third-order valence-electron chi connectivity index (χ3n) is 9.24. The van der Waals surface area contributed by atoms with Crippen LogP contribution in [0.25, 0.3) is 11.4 Å².